The van der Waals surface area contributed by atoms with Gasteiger partial charge in [0.2, 0.25) is 9.84 Å². The van der Waals surface area contributed by atoms with Crippen LogP contribution in [0.3, 0.4) is 0 Å². The van der Waals surface area contributed by atoms with Crippen molar-refractivity contribution in [1.82, 2.24) is 15.1 Å². The maximum Gasteiger partial charge on any atom is 0.341 e. The van der Waals surface area contributed by atoms with Crippen LogP contribution >= 0.6 is 0 Å². The monoisotopic (exact) mass is 371 g/mol. The van der Waals surface area contributed by atoms with Gasteiger partial charge in [0.15, 0.2) is 0 Å². The van der Waals surface area contributed by atoms with E-state index in [1.807, 2.05) is 24.6 Å². The van der Waals surface area contributed by atoms with Gasteiger partial charge < -0.3 is 5.32 Å². The van der Waals surface area contributed by atoms with Gasteiger partial charge in [0.25, 0.3) is 5.91 Å². The first-order valence-corrected chi connectivity index (χ1v) is 9.18. The number of hydrogen-bond acceptors (Lipinski definition) is 4. The van der Waals surface area contributed by atoms with Gasteiger partial charge in [0, 0.05) is 24.3 Å². The molecule has 1 amide bonds. The fourth-order valence-electron chi connectivity index (χ4n) is 2.33. The maximum atomic E-state index is 12.5. The van der Waals surface area contributed by atoms with Gasteiger partial charge in [-0.2, -0.15) is 13.9 Å². The third kappa shape index (κ3) is 4.62. The highest BCUT2D eigenvalue weighted by molar-refractivity contribution is 7.91. The summed E-state index contributed by atoms with van der Waals surface area (Å²) in [7, 11) is -4.65. The molecule has 0 bridgehead atoms. The van der Waals surface area contributed by atoms with E-state index in [-0.39, 0.29) is 5.56 Å². The fourth-order valence-corrected chi connectivity index (χ4v) is 3.05. The predicted molar refractivity (Wildman–Crippen MR) is 88.3 cm³/mol. The average molecular weight is 371 g/mol. The highest BCUT2D eigenvalue weighted by Crippen LogP contribution is 2.18. The summed E-state index contributed by atoms with van der Waals surface area (Å²) in [6.07, 6.45) is 0.672. The van der Waals surface area contributed by atoms with Crippen LogP contribution in [0.1, 0.15) is 28.2 Å². The summed E-state index contributed by atoms with van der Waals surface area (Å²) in [6, 6.07) is 6.41. The van der Waals surface area contributed by atoms with Crippen molar-refractivity contribution in [2.45, 2.75) is 37.5 Å². The Morgan fingerprint density at radius 2 is 1.88 bits per heavy atom. The molecular weight excluding hydrogens is 352 g/mol. The SMILES string of the molecule is Cc1cc(C)n(CCCNC(=O)c2ccc(S(=O)(=O)C(F)F)cc2)n1. The summed E-state index contributed by atoms with van der Waals surface area (Å²) in [4.78, 5) is 11.5. The lowest BCUT2D eigenvalue weighted by atomic mass is 10.2. The number of aromatic nitrogens is 2. The largest absolute Gasteiger partial charge is 0.352 e. The van der Waals surface area contributed by atoms with E-state index in [1.165, 1.54) is 12.1 Å². The number of hydrogen-bond donors (Lipinski definition) is 1. The molecular formula is C16H19F2N3O3S. The molecule has 0 aliphatic rings. The van der Waals surface area contributed by atoms with Crippen LogP contribution in [0.4, 0.5) is 8.78 Å². The minimum atomic E-state index is -4.65. The van der Waals surface area contributed by atoms with Crippen LogP contribution in [0.25, 0.3) is 0 Å². The van der Waals surface area contributed by atoms with Gasteiger partial charge in [-0.15, -0.1) is 0 Å². The number of benzene rings is 1. The Labute approximate surface area is 144 Å². The van der Waals surface area contributed by atoms with E-state index >= 15 is 0 Å². The Balaban J connectivity index is 1.88. The van der Waals surface area contributed by atoms with Crippen LogP contribution in [-0.4, -0.2) is 36.4 Å². The molecule has 0 aliphatic heterocycles. The zero-order valence-electron chi connectivity index (χ0n) is 13.9. The van der Waals surface area contributed by atoms with Gasteiger partial charge in [0.05, 0.1) is 10.6 Å². The van der Waals surface area contributed by atoms with Crippen LogP contribution in [-0.2, 0) is 16.4 Å². The number of halogens is 2. The van der Waals surface area contributed by atoms with Gasteiger partial charge in [-0.3, -0.25) is 9.48 Å². The molecule has 0 spiro atoms. The minimum absolute atomic E-state index is 0.208. The number of nitrogens with one attached hydrogen (secondary N) is 1. The molecule has 6 nitrogen and oxygen atoms in total. The summed E-state index contributed by atoms with van der Waals surface area (Å²) < 4.78 is 49.4. The van der Waals surface area contributed by atoms with Crippen LogP contribution in [0.15, 0.2) is 35.2 Å². The number of amides is 1. The molecule has 0 unspecified atom stereocenters. The van der Waals surface area contributed by atoms with Crippen LogP contribution in [0, 0.1) is 13.8 Å². The first-order valence-electron chi connectivity index (χ1n) is 7.63. The molecule has 136 valence electrons. The van der Waals surface area contributed by atoms with Crippen molar-refractivity contribution in [1.29, 1.82) is 0 Å². The Hall–Kier alpha value is -2.29. The second-order valence-corrected chi connectivity index (χ2v) is 7.51. The van der Waals surface area contributed by atoms with Crippen molar-refractivity contribution in [3.63, 3.8) is 0 Å². The lowest BCUT2D eigenvalue weighted by molar-refractivity contribution is 0.0952. The second kappa shape index (κ2) is 7.73. The van der Waals surface area contributed by atoms with Crippen molar-refractivity contribution in [2.75, 3.05) is 6.54 Å². The van der Waals surface area contributed by atoms with E-state index in [0.29, 0.717) is 19.5 Å². The first-order chi connectivity index (χ1) is 11.7. The number of rotatable bonds is 7. The predicted octanol–water partition coefficient (Wildman–Crippen LogP) is 2.32. The number of nitrogens with zero attached hydrogens (tertiary/aromatic N) is 2. The van der Waals surface area contributed by atoms with Crippen molar-refractivity contribution in [3.05, 3.63) is 47.3 Å². The topological polar surface area (TPSA) is 81.1 Å². The standard InChI is InChI=1S/C16H19F2N3O3S/c1-11-10-12(2)21(20-11)9-3-8-19-15(22)13-4-6-14(7-5-13)25(23,24)16(17)18/h4-7,10,16H,3,8-9H2,1-2H3,(H,19,22). The molecule has 2 aromatic rings. The number of carbonyl (C=O) groups excluding carboxylic acids is 1. The second-order valence-electron chi connectivity index (χ2n) is 5.59. The van der Waals surface area contributed by atoms with Gasteiger partial charge in [-0.1, -0.05) is 0 Å². The smallest absolute Gasteiger partial charge is 0.341 e. The normalized spacial score (nSPS) is 11.7. The van der Waals surface area contributed by atoms with Gasteiger partial charge >= 0.3 is 5.76 Å². The number of sulfone groups is 1. The Bertz CT molecular complexity index is 846. The molecule has 2 rings (SSSR count). The summed E-state index contributed by atoms with van der Waals surface area (Å²) in [6.45, 7) is 4.93. The molecule has 1 heterocycles. The third-order valence-electron chi connectivity index (χ3n) is 3.62. The average Bonchev–Trinajstić information content (AvgIpc) is 2.89. The highest BCUT2D eigenvalue weighted by atomic mass is 32.2. The lowest BCUT2D eigenvalue weighted by Crippen LogP contribution is -2.25. The Morgan fingerprint density at radius 1 is 1.24 bits per heavy atom. The molecule has 0 radical (unpaired) electrons. The van der Waals surface area contributed by atoms with Crippen LogP contribution < -0.4 is 5.32 Å². The van der Waals surface area contributed by atoms with Crippen LogP contribution in [0.2, 0.25) is 0 Å². The Morgan fingerprint density at radius 3 is 2.40 bits per heavy atom. The maximum absolute atomic E-state index is 12.5. The quantitative estimate of drug-likeness (QED) is 0.758. The highest BCUT2D eigenvalue weighted by Gasteiger charge is 2.26. The van der Waals surface area contributed by atoms with Gasteiger partial charge in [-0.05, 0) is 50.6 Å². The molecule has 0 aliphatic carbocycles. The van der Waals surface area contributed by atoms with Gasteiger partial charge in [0.1, 0.15) is 0 Å². The molecule has 1 N–H and O–H groups in total. The van der Waals surface area contributed by atoms with E-state index in [4.69, 9.17) is 0 Å². The van der Waals surface area contributed by atoms with E-state index in [9.17, 15) is 22.0 Å². The minimum Gasteiger partial charge on any atom is -0.352 e. The van der Waals surface area contributed by atoms with Crippen molar-refractivity contribution in [2.24, 2.45) is 0 Å². The summed E-state index contributed by atoms with van der Waals surface area (Å²) >= 11 is 0. The third-order valence-corrected chi connectivity index (χ3v) is 5.01. The molecule has 0 atom stereocenters. The van der Waals surface area contributed by atoms with Crippen molar-refractivity contribution in [3.8, 4) is 0 Å². The van der Waals surface area contributed by atoms with Crippen molar-refractivity contribution < 1.29 is 22.0 Å². The Kier molecular flexibility index (Phi) is 5.89. The molecule has 0 saturated heterocycles. The zero-order valence-corrected chi connectivity index (χ0v) is 14.7. The molecule has 9 heteroatoms. The summed E-state index contributed by atoms with van der Waals surface area (Å²) in [5.74, 6) is -3.88. The number of alkyl halides is 2. The number of aryl methyl sites for hydroxylation is 3. The van der Waals surface area contributed by atoms with Crippen LogP contribution in [0.5, 0.6) is 0 Å². The molecule has 1 aromatic heterocycles. The summed E-state index contributed by atoms with van der Waals surface area (Å²) in [5.41, 5.74) is 2.18. The van der Waals surface area contributed by atoms with Crippen molar-refractivity contribution >= 4 is 15.7 Å². The van der Waals surface area contributed by atoms with E-state index in [2.05, 4.69) is 10.4 Å². The number of carbonyl (C=O) groups is 1. The van der Waals surface area contributed by atoms with E-state index in [1.54, 1.807) is 0 Å². The van der Waals surface area contributed by atoms with E-state index < -0.39 is 26.4 Å². The van der Waals surface area contributed by atoms with Gasteiger partial charge in [-0.25, -0.2) is 8.42 Å². The lowest BCUT2D eigenvalue weighted by Gasteiger charge is -2.08. The molecule has 25 heavy (non-hydrogen) atoms. The molecule has 1 aromatic carbocycles. The zero-order chi connectivity index (χ0) is 18.6. The van der Waals surface area contributed by atoms with E-state index in [0.717, 1.165) is 23.5 Å². The molecule has 0 fully saturated rings. The summed E-state index contributed by atoms with van der Waals surface area (Å²) in [5, 5.41) is 7.02. The molecule has 0 saturated carbocycles. The first kappa shape index (κ1) is 19.0. The fraction of sp³-hybridized carbons (Fsp3) is 0.375.